The van der Waals surface area contributed by atoms with Crippen LogP contribution in [0.4, 0.5) is 0 Å². The lowest BCUT2D eigenvalue weighted by molar-refractivity contribution is 0.164. The van der Waals surface area contributed by atoms with Gasteiger partial charge in [0.1, 0.15) is 0 Å². The van der Waals surface area contributed by atoms with Crippen LogP contribution in [-0.2, 0) is 0 Å². The van der Waals surface area contributed by atoms with Crippen molar-refractivity contribution in [2.24, 2.45) is 17.6 Å². The van der Waals surface area contributed by atoms with Gasteiger partial charge in [0.2, 0.25) is 0 Å². The summed E-state index contributed by atoms with van der Waals surface area (Å²) < 4.78 is 11.2. The largest absolute Gasteiger partial charge is 0.493 e. The maximum atomic E-state index is 5.93. The van der Waals surface area contributed by atoms with Gasteiger partial charge in [0, 0.05) is 5.92 Å². The molecule has 106 valence electrons. The van der Waals surface area contributed by atoms with Crippen LogP contribution < -0.4 is 15.2 Å². The molecular weight excluding hydrogens is 238 g/mol. The molecule has 0 spiro atoms. The van der Waals surface area contributed by atoms with E-state index in [0.29, 0.717) is 19.1 Å². The van der Waals surface area contributed by atoms with Gasteiger partial charge < -0.3 is 15.2 Å². The minimum Gasteiger partial charge on any atom is -0.493 e. The lowest BCUT2D eigenvalue weighted by atomic mass is 9.80. The molecule has 3 nitrogen and oxygen atoms in total. The maximum Gasteiger partial charge on any atom is 0.161 e. The number of hydrogen-bond donors (Lipinski definition) is 1. The van der Waals surface area contributed by atoms with E-state index < -0.39 is 0 Å². The number of para-hydroxylation sites is 2. The lowest BCUT2D eigenvalue weighted by Crippen LogP contribution is -2.30. The standard InChI is InChI=1S/C16H25NO2/c1-18-15-9-5-6-10-16(15)19-12-14(11-17)13-7-3-2-4-8-13/h5-6,9-10,13-14H,2-4,7-8,11-12,17H2,1H3. The van der Waals surface area contributed by atoms with Gasteiger partial charge in [-0.3, -0.25) is 0 Å². The summed E-state index contributed by atoms with van der Waals surface area (Å²) in [7, 11) is 1.67. The maximum absolute atomic E-state index is 5.93. The highest BCUT2D eigenvalue weighted by Gasteiger charge is 2.23. The molecule has 0 radical (unpaired) electrons. The molecule has 19 heavy (non-hydrogen) atoms. The molecule has 0 saturated heterocycles. The molecule has 1 aliphatic carbocycles. The van der Waals surface area contributed by atoms with Crippen LogP contribution in [0.3, 0.4) is 0 Å². The molecule has 3 heteroatoms. The summed E-state index contributed by atoms with van der Waals surface area (Å²) in [5, 5.41) is 0. The third-order valence-corrected chi connectivity index (χ3v) is 4.14. The molecule has 0 amide bonds. The average molecular weight is 263 g/mol. The summed E-state index contributed by atoms with van der Waals surface area (Å²) in [5.74, 6) is 2.81. The fraction of sp³-hybridized carbons (Fsp3) is 0.625. The molecular formula is C16H25NO2. The van der Waals surface area contributed by atoms with E-state index in [0.717, 1.165) is 17.4 Å². The monoisotopic (exact) mass is 263 g/mol. The van der Waals surface area contributed by atoms with E-state index in [9.17, 15) is 0 Å². The number of ether oxygens (including phenoxy) is 2. The molecule has 1 fully saturated rings. The Balaban J connectivity index is 1.91. The summed E-state index contributed by atoms with van der Waals surface area (Å²) in [6.07, 6.45) is 6.67. The Labute approximate surface area is 116 Å². The van der Waals surface area contributed by atoms with Crippen molar-refractivity contribution in [1.82, 2.24) is 0 Å². The van der Waals surface area contributed by atoms with Crippen LogP contribution in [0.2, 0.25) is 0 Å². The normalized spacial score (nSPS) is 18.0. The molecule has 2 rings (SSSR count). The minimum absolute atomic E-state index is 0.463. The first-order chi connectivity index (χ1) is 9.35. The van der Waals surface area contributed by atoms with Gasteiger partial charge in [-0.25, -0.2) is 0 Å². The van der Waals surface area contributed by atoms with Gasteiger partial charge >= 0.3 is 0 Å². The van der Waals surface area contributed by atoms with Crippen molar-refractivity contribution in [1.29, 1.82) is 0 Å². The zero-order valence-electron chi connectivity index (χ0n) is 11.8. The number of rotatable bonds is 6. The van der Waals surface area contributed by atoms with Crippen molar-refractivity contribution >= 4 is 0 Å². The van der Waals surface area contributed by atoms with Crippen LogP contribution in [0.1, 0.15) is 32.1 Å². The molecule has 1 saturated carbocycles. The Morgan fingerprint density at radius 2 is 1.84 bits per heavy atom. The van der Waals surface area contributed by atoms with Crippen LogP contribution in [0.5, 0.6) is 11.5 Å². The van der Waals surface area contributed by atoms with Crippen LogP contribution in [-0.4, -0.2) is 20.3 Å². The van der Waals surface area contributed by atoms with Crippen molar-refractivity contribution in [2.45, 2.75) is 32.1 Å². The molecule has 2 N–H and O–H groups in total. The summed E-state index contributed by atoms with van der Waals surface area (Å²) in [6.45, 7) is 1.40. The summed E-state index contributed by atoms with van der Waals surface area (Å²) >= 11 is 0. The van der Waals surface area contributed by atoms with Crippen molar-refractivity contribution < 1.29 is 9.47 Å². The second-order valence-corrected chi connectivity index (χ2v) is 5.36. The Hall–Kier alpha value is -1.22. The summed E-state index contributed by atoms with van der Waals surface area (Å²) in [5.41, 5.74) is 5.93. The molecule has 1 aliphatic rings. The lowest BCUT2D eigenvalue weighted by Gasteiger charge is -2.29. The second-order valence-electron chi connectivity index (χ2n) is 5.36. The quantitative estimate of drug-likeness (QED) is 0.857. The highest BCUT2D eigenvalue weighted by atomic mass is 16.5. The van der Waals surface area contributed by atoms with E-state index in [1.807, 2.05) is 24.3 Å². The van der Waals surface area contributed by atoms with Crippen LogP contribution >= 0.6 is 0 Å². The smallest absolute Gasteiger partial charge is 0.161 e. The van der Waals surface area contributed by atoms with Crippen molar-refractivity contribution in [3.8, 4) is 11.5 Å². The van der Waals surface area contributed by atoms with Crippen molar-refractivity contribution in [3.63, 3.8) is 0 Å². The number of hydrogen-bond acceptors (Lipinski definition) is 3. The fourth-order valence-electron chi connectivity index (χ4n) is 2.94. The minimum atomic E-state index is 0.463. The van der Waals surface area contributed by atoms with Crippen LogP contribution in [0, 0.1) is 11.8 Å². The van der Waals surface area contributed by atoms with E-state index in [4.69, 9.17) is 15.2 Å². The molecule has 0 bridgehead atoms. The third kappa shape index (κ3) is 3.87. The molecule has 1 atom stereocenters. The first-order valence-corrected chi connectivity index (χ1v) is 7.31. The average Bonchev–Trinajstić information content (AvgIpc) is 2.49. The number of methoxy groups -OCH3 is 1. The third-order valence-electron chi connectivity index (χ3n) is 4.14. The predicted octanol–water partition coefficient (Wildman–Crippen LogP) is 3.23. The van der Waals surface area contributed by atoms with E-state index in [1.165, 1.54) is 32.1 Å². The Morgan fingerprint density at radius 3 is 2.47 bits per heavy atom. The van der Waals surface area contributed by atoms with Gasteiger partial charge in [0.25, 0.3) is 0 Å². The van der Waals surface area contributed by atoms with Crippen molar-refractivity contribution in [2.75, 3.05) is 20.3 Å². The van der Waals surface area contributed by atoms with E-state index >= 15 is 0 Å². The summed E-state index contributed by atoms with van der Waals surface area (Å²) in [4.78, 5) is 0. The highest BCUT2D eigenvalue weighted by Crippen LogP contribution is 2.31. The summed E-state index contributed by atoms with van der Waals surface area (Å²) in [6, 6.07) is 7.80. The van der Waals surface area contributed by atoms with Gasteiger partial charge in [0.05, 0.1) is 13.7 Å². The van der Waals surface area contributed by atoms with E-state index in [1.54, 1.807) is 7.11 Å². The fourth-order valence-corrected chi connectivity index (χ4v) is 2.94. The van der Waals surface area contributed by atoms with Gasteiger partial charge in [-0.15, -0.1) is 0 Å². The Morgan fingerprint density at radius 1 is 1.16 bits per heavy atom. The van der Waals surface area contributed by atoms with E-state index in [-0.39, 0.29) is 0 Å². The zero-order chi connectivity index (χ0) is 13.5. The topological polar surface area (TPSA) is 44.5 Å². The molecule has 1 unspecified atom stereocenters. The van der Waals surface area contributed by atoms with Gasteiger partial charge in [-0.1, -0.05) is 44.2 Å². The molecule has 0 aromatic heterocycles. The van der Waals surface area contributed by atoms with Crippen LogP contribution in [0.15, 0.2) is 24.3 Å². The van der Waals surface area contributed by atoms with Gasteiger partial charge in [-0.05, 0) is 24.6 Å². The van der Waals surface area contributed by atoms with Crippen LogP contribution in [0.25, 0.3) is 0 Å². The number of benzene rings is 1. The Kier molecular flexibility index (Phi) is 5.52. The SMILES string of the molecule is COc1ccccc1OCC(CN)C1CCCCC1. The van der Waals surface area contributed by atoms with Gasteiger partial charge in [0.15, 0.2) is 11.5 Å². The first-order valence-electron chi connectivity index (χ1n) is 7.31. The molecule has 0 heterocycles. The molecule has 1 aromatic rings. The number of nitrogens with two attached hydrogens (primary N) is 1. The zero-order valence-corrected chi connectivity index (χ0v) is 11.8. The highest BCUT2D eigenvalue weighted by molar-refractivity contribution is 5.39. The van der Waals surface area contributed by atoms with Gasteiger partial charge in [-0.2, -0.15) is 0 Å². The molecule has 0 aliphatic heterocycles. The first kappa shape index (κ1) is 14.2. The van der Waals surface area contributed by atoms with E-state index in [2.05, 4.69) is 0 Å². The molecule has 1 aromatic carbocycles. The second kappa shape index (κ2) is 7.39. The predicted molar refractivity (Wildman–Crippen MR) is 77.6 cm³/mol. The van der Waals surface area contributed by atoms with Crippen molar-refractivity contribution in [3.05, 3.63) is 24.3 Å². The Bertz CT molecular complexity index is 375.